The van der Waals surface area contributed by atoms with Crippen molar-refractivity contribution in [3.63, 3.8) is 0 Å². The van der Waals surface area contributed by atoms with Crippen molar-refractivity contribution < 1.29 is 23.5 Å². The van der Waals surface area contributed by atoms with E-state index in [0.717, 1.165) is 16.6 Å². The molecule has 0 saturated carbocycles. The average molecular weight is 396 g/mol. The summed E-state index contributed by atoms with van der Waals surface area (Å²) in [7, 11) is 1.30. The summed E-state index contributed by atoms with van der Waals surface area (Å²) >= 11 is 5.82. The Morgan fingerprint density at radius 3 is 2.52 bits per heavy atom. The Kier molecular flexibility index (Phi) is 7.25. The highest BCUT2D eigenvalue weighted by Gasteiger charge is 2.14. The normalized spacial score (nSPS) is 10.1. The molecule has 3 amide bonds. The fourth-order valence-corrected chi connectivity index (χ4v) is 2.11. The molecule has 0 bridgehead atoms. The van der Waals surface area contributed by atoms with Crippen LogP contribution in [0.1, 0.15) is 12.5 Å². The summed E-state index contributed by atoms with van der Waals surface area (Å²) in [5.41, 5.74) is 3.00. The fourth-order valence-electron chi connectivity index (χ4n) is 1.98. The Bertz CT molecular complexity index is 802. The number of anilines is 1. The molecule has 7 nitrogen and oxygen atoms in total. The minimum Gasteiger partial charge on any atom is -0.489 e. The lowest BCUT2D eigenvalue weighted by atomic mass is 10.2. The van der Waals surface area contributed by atoms with Gasteiger partial charge in [0.05, 0.1) is 12.3 Å². The van der Waals surface area contributed by atoms with Gasteiger partial charge in [0.1, 0.15) is 18.2 Å². The number of urea groups is 1. The van der Waals surface area contributed by atoms with Crippen molar-refractivity contribution in [1.82, 2.24) is 10.4 Å². The first-order valence-electron chi connectivity index (χ1n) is 8.04. The topological polar surface area (TPSA) is 79.9 Å². The maximum Gasteiger partial charge on any atom is 0.426 e. The molecule has 0 aromatic heterocycles. The van der Waals surface area contributed by atoms with Crippen LogP contribution in [0.15, 0.2) is 42.5 Å². The first-order chi connectivity index (χ1) is 12.9. The number of amides is 3. The van der Waals surface area contributed by atoms with E-state index in [-0.39, 0.29) is 18.9 Å². The lowest BCUT2D eigenvalue weighted by Crippen LogP contribution is -2.45. The van der Waals surface area contributed by atoms with Gasteiger partial charge in [0.25, 0.3) is 0 Å². The molecule has 2 rings (SSSR count). The Morgan fingerprint density at radius 2 is 1.89 bits per heavy atom. The van der Waals surface area contributed by atoms with Crippen molar-refractivity contribution in [2.24, 2.45) is 0 Å². The van der Waals surface area contributed by atoms with Crippen molar-refractivity contribution in [2.45, 2.75) is 13.5 Å². The highest BCUT2D eigenvalue weighted by molar-refractivity contribution is 6.30. The zero-order chi connectivity index (χ0) is 19.8. The first-order valence-corrected chi connectivity index (χ1v) is 8.41. The van der Waals surface area contributed by atoms with Gasteiger partial charge in [0.2, 0.25) is 0 Å². The number of nitrogens with one attached hydrogen (secondary N) is 2. The summed E-state index contributed by atoms with van der Waals surface area (Å²) in [6.45, 7) is 2.04. The SMILES string of the molecule is CCOC(=O)NN(C)C(=O)Nc1ccc(OCc2ccc(Cl)cc2)cc1F. The molecule has 0 aliphatic carbocycles. The molecule has 0 atom stereocenters. The lowest BCUT2D eigenvalue weighted by molar-refractivity contribution is 0.126. The standard InChI is InChI=1S/C18H19ClFN3O4/c1-3-26-18(25)22-23(2)17(24)21-16-9-8-14(10-15(16)20)27-11-12-4-6-13(19)7-5-12/h4-10H,3,11H2,1-2H3,(H,21,24)(H,22,25). The molecule has 0 radical (unpaired) electrons. The first kappa shape index (κ1) is 20.3. The van der Waals surface area contributed by atoms with Gasteiger partial charge in [-0.15, -0.1) is 0 Å². The second kappa shape index (κ2) is 9.63. The van der Waals surface area contributed by atoms with Crippen LogP contribution in [0.4, 0.5) is 19.7 Å². The number of hydrogen-bond donors (Lipinski definition) is 2. The summed E-state index contributed by atoms with van der Waals surface area (Å²) in [6.07, 6.45) is -0.790. The third kappa shape index (κ3) is 6.34. The van der Waals surface area contributed by atoms with E-state index in [9.17, 15) is 14.0 Å². The van der Waals surface area contributed by atoms with Crippen LogP contribution in [0.2, 0.25) is 5.02 Å². The number of rotatable bonds is 5. The van der Waals surface area contributed by atoms with Crippen LogP contribution in [-0.4, -0.2) is 30.8 Å². The number of carbonyl (C=O) groups excluding carboxylic acids is 2. The summed E-state index contributed by atoms with van der Waals surface area (Å²) in [5, 5.41) is 3.80. The molecule has 0 fully saturated rings. The van der Waals surface area contributed by atoms with E-state index >= 15 is 0 Å². The van der Waals surface area contributed by atoms with Gasteiger partial charge in [-0.25, -0.2) is 24.4 Å². The van der Waals surface area contributed by atoms with Gasteiger partial charge in [-0.3, -0.25) is 0 Å². The van der Waals surface area contributed by atoms with Gasteiger partial charge in [-0.1, -0.05) is 23.7 Å². The number of nitrogens with zero attached hydrogens (tertiary/aromatic N) is 1. The second-order valence-electron chi connectivity index (χ2n) is 5.38. The molecule has 0 unspecified atom stereocenters. The van der Waals surface area contributed by atoms with E-state index < -0.39 is 17.9 Å². The molecule has 0 aliphatic rings. The predicted molar refractivity (Wildman–Crippen MR) is 99.1 cm³/mol. The van der Waals surface area contributed by atoms with Crippen LogP contribution in [0.3, 0.4) is 0 Å². The summed E-state index contributed by atoms with van der Waals surface area (Å²) in [4.78, 5) is 23.2. The van der Waals surface area contributed by atoms with Crippen LogP contribution >= 0.6 is 11.6 Å². The highest BCUT2D eigenvalue weighted by atomic mass is 35.5. The van der Waals surface area contributed by atoms with Crippen molar-refractivity contribution in [3.8, 4) is 5.75 Å². The van der Waals surface area contributed by atoms with Gasteiger partial charge in [0.15, 0.2) is 0 Å². The van der Waals surface area contributed by atoms with Gasteiger partial charge in [0, 0.05) is 18.1 Å². The fraction of sp³-hybridized carbons (Fsp3) is 0.222. The number of halogens is 2. The van der Waals surface area contributed by atoms with Crippen LogP contribution in [0, 0.1) is 5.82 Å². The van der Waals surface area contributed by atoms with Crippen molar-refractivity contribution in [3.05, 3.63) is 58.9 Å². The van der Waals surface area contributed by atoms with E-state index in [1.807, 2.05) is 0 Å². The number of benzene rings is 2. The zero-order valence-electron chi connectivity index (χ0n) is 14.8. The molecular weight excluding hydrogens is 377 g/mol. The molecule has 0 aliphatic heterocycles. The smallest absolute Gasteiger partial charge is 0.426 e. The van der Waals surface area contributed by atoms with Gasteiger partial charge >= 0.3 is 12.1 Å². The predicted octanol–water partition coefficient (Wildman–Crippen LogP) is 4.18. The molecule has 9 heteroatoms. The van der Waals surface area contributed by atoms with Crippen LogP contribution in [0.5, 0.6) is 5.75 Å². The van der Waals surface area contributed by atoms with Crippen molar-refractivity contribution >= 4 is 29.4 Å². The second-order valence-corrected chi connectivity index (χ2v) is 5.81. The Labute approximate surface area is 161 Å². The zero-order valence-corrected chi connectivity index (χ0v) is 15.5. The summed E-state index contributed by atoms with van der Waals surface area (Å²) in [6, 6.07) is 10.4. The minimum atomic E-state index is -0.790. The van der Waals surface area contributed by atoms with Gasteiger partial charge in [-0.2, -0.15) is 0 Å². The molecule has 2 aromatic carbocycles. The number of hydrazine groups is 1. The Hall–Kier alpha value is -3.00. The molecule has 144 valence electrons. The van der Waals surface area contributed by atoms with Crippen molar-refractivity contribution in [1.29, 1.82) is 0 Å². The lowest BCUT2D eigenvalue weighted by Gasteiger charge is -2.18. The molecule has 2 aromatic rings. The van der Waals surface area contributed by atoms with E-state index in [1.165, 1.54) is 19.2 Å². The van der Waals surface area contributed by atoms with Gasteiger partial charge in [-0.05, 0) is 36.8 Å². The van der Waals surface area contributed by atoms with Gasteiger partial charge < -0.3 is 14.8 Å². The highest BCUT2D eigenvalue weighted by Crippen LogP contribution is 2.22. The number of hydrogen-bond acceptors (Lipinski definition) is 4. The molecule has 0 spiro atoms. The number of ether oxygens (including phenoxy) is 2. The largest absolute Gasteiger partial charge is 0.489 e. The quantitative estimate of drug-likeness (QED) is 0.744. The Balaban J connectivity index is 1.92. The third-order valence-electron chi connectivity index (χ3n) is 3.34. The maximum atomic E-state index is 14.2. The maximum absolute atomic E-state index is 14.2. The van der Waals surface area contributed by atoms with E-state index in [1.54, 1.807) is 31.2 Å². The minimum absolute atomic E-state index is 0.0589. The summed E-state index contributed by atoms with van der Waals surface area (Å²) < 4.78 is 24.4. The van der Waals surface area contributed by atoms with E-state index in [4.69, 9.17) is 16.3 Å². The summed E-state index contributed by atoms with van der Waals surface area (Å²) in [5.74, 6) is -0.375. The van der Waals surface area contributed by atoms with Crippen LogP contribution in [0.25, 0.3) is 0 Å². The molecule has 0 saturated heterocycles. The van der Waals surface area contributed by atoms with Crippen LogP contribution < -0.4 is 15.5 Å². The molecular formula is C18H19ClFN3O4. The molecule has 0 heterocycles. The Morgan fingerprint density at radius 1 is 1.19 bits per heavy atom. The van der Waals surface area contributed by atoms with Crippen molar-refractivity contribution in [2.75, 3.05) is 19.0 Å². The number of carbonyl (C=O) groups is 2. The molecule has 2 N–H and O–H groups in total. The average Bonchev–Trinajstić information content (AvgIpc) is 2.63. The third-order valence-corrected chi connectivity index (χ3v) is 3.59. The van der Waals surface area contributed by atoms with Crippen LogP contribution in [-0.2, 0) is 11.3 Å². The molecule has 27 heavy (non-hydrogen) atoms. The monoisotopic (exact) mass is 395 g/mol. The van der Waals surface area contributed by atoms with E-state index in [2.05, 4.69) is 15.5 Å². The van der Waals surface area contributed by atoms with E-state index in [0.29, 0.717) is 10.8 Å².